The summed E-state index contributed by atoms with van der Waals surface area (Å²) in [6, 6.07) is 20.4. The molecule has 3 atom stereocenters. The zero-order valence-electron chi connectivity index (χ0n) is 22.5. The van der Waals surface area contributed by atoms with Crippen LogP contribution in [0.15, 0.2) is 66.9 Å². The van der Waals surface area contributed by atoms with Crippen molar-refractivity contribution in [1.29, 1.82) is 0 Å². The Kier molecular flexibility index (Phi) is 6.73. The summed E-state index contributed by atoms with van der Waals surface area (Å²) >= 11 is 0. The Morgan fingerprint density at radius 3 is 2.52 bits per heavy atom. The average molecular weight is 538 g/mol. The first-order chi connectivity index (χ1) is 19.6. The number of carbonyl (C=O) groups excluding carboxylic acids is 1. The molecule has 3 fully saturated rings. The van der Waals surface area contributed by atoms with E-state index in [2.05, 4.69) is 49.7 Å². The summed E-state index contributed by atoms with van der Waals surface area (Å²) in [7, 11) is 0. The van der Waals surface area contributed by atoms with Gasteiger partial charge >= 0.3 is 0 Å². The number of amides is 1. The number of anilines is 1. The van der Waals surface area contributed by atoms with Crippen LogP contribution in [-0.2, 0) is 4.74 Å². The molecule has 2 bridgehead atoms. The summed E-state index contributed by atoms with van der Waals surface area (Å²) in [6.45, 7) is 1.29. The summed E-state index contributed by atoms with van der Waals surface area (Å²) in [6.07, 6.45) is 7.61. The molecule has 2 unspecified atom stereocenters. The molecule has 8 nitrogen and oxygen atoms in total. The third-order valence-corrected chi connectivity index (χ3v) is 8.92. The van der Waals surface area contributed by atoms with Crippen LogP contribution in [0.25, 0.3) is 22.2 Å². The summed E-state index contributed by atoms with van der Waals surface area (Å²) in [5.74, 6) is 0.313. The number of aliphatic hydroxyl groups excluding tert-OH is 1. The number of aromatic amines is 1. The fraction of sp³-hybridized carbons (Fsp3) is 0.406. The molecule has 2 saturated heterocycles. The third-order valence-electron chi connectivity index (χ3n) is 8.92. The lowest BCUT2D eigenvalue weighted by atomic mass is 9.91. The molecule has 3 aliphatic rings. The van der Waals surface area contributed by atoms with E-state index in [1.807, 2.05) is 36.4 Å². The molecule has 4 heterocycles. The average Bonchev–Trinajstić information content (AvgIpc) is 3.66. The number of nitrogens with one attached hydrogen (secondary N) is 2. The van der Waals surface area contributed by atoms with E-state index in [4.69, 9.17) is 4.74 Å². The lowest BCUT2D eigenvalue weighted by Crippen LogP contribution is -2.58. The fourth-order valence-corrected chi connectivity index (χ4v) is 6.98. The highest BCUT2D eigenvalue weighted by Crippen LogP contribution is 2.37. The van der Waals surface area contributed by atoms with Crippen LogP contribution in [0.1, 0.15) is 60.6 Å². The van der Waals surface area contributed by atoms with E-state index in [9.17, 15) is 9.90 Å². The Labute approximate surface area is 233 Å². The summed E-state index contributed by atoms with van der Waals surface area (Å²) < 4.78 is 5.77. The van der Waals surface area contributed by atoms with Gasteiger partial charge in [-0.2, -0.15) is 5.10 Å². The predicted octanol–water partition coefficient (Wildman–Crippen LogP) is 5.01. The molecule has 2 aromatic heterocycles. The van der Waals surface area contributed by atoms with Crippen molar-refractivity contribution in [3.05, 3.63) is 78.1 Å². The number of aromatic nitrogens is 3. The molecular formula is C32H35N5O3. The summed E-state index contributed by atoms with van der Waals surface area (Å²) in [5.41, 5.74) is 5.39. The van der Waals surface area contributed by atoms with Gasteiger partial charge in [-0.1, -0.05) is 31.0 Å². The molecule has 1 saturated carbocycles. The first-order valence-electron chi connectivity index (χ1n) is 14.5. The van der Waals surface area contributed by atoms with Gasteiger partial charge in [-0.3, -0.25) is 14.9 Å². The van der Waals surface area contributed by atoms with Crippen LogP contribution in [0.2, 0.25) is 0 Å². The Morgan fingerprint density at radius 2 is 1.80 bits per heavy atom. The Balaban J connectivity index is 1.14. The minimum Gasteiger partial charge on any atom is -0.393 e. The van der Waals surface area contributed by atoms with Gasteiger partial charge in [0.05, 0.1) is 54.3 Å². The number of morpholine rings is 1. The molecule has 3 N–H and O–H groups in total. The van der Waals surface area contributed by atoms with E-state index in [0.29, 0.717) is 24.7 Å². The maximum absolute atomic E-state index is 13.5. The highest BCUT2D eigenvalue weighted by molar-refractivity contribution is 6.01. The van der Waals surface area contributed by atoms with Crippen LogP contribution in [0.4, 0.5) is 5.69 Å². The smallest absolute Gasteiger partial charge is 0.251 e. The molecule has 1 amide bonds. The number of nitrogens with zero attached hydrogens (tertiary/aromatic N) is 3. The van der Waals surface area contributed by atoms with Crippen molar-refractivity contribution in [3.8, 4) is 11.3 Å². The van der Waals surface area contributed by atoms with Gasteiger partial charge in [-0.15, -0.1) is 0 Å². The minimum absolute atomic E-state index is 0.0898. The SMILES string of the molecule is O=C(N[C@H](c1ccccn1)C1CCCC1)c1ccc2[nH]nc(-c3ccc(N4C5COCC4CC(O)C5)cc3)c2c1. The number of carbonyl (C=O) groups is 1. The maximum atomic E-state index is 13.5. The van der Waals surface area contributed by atoms with Gasteiger partial charge in [0.25, 0.3) is 5.91 Å². The number of H-pyrrole nitrogens is 1. The van der Waals surface area contributed by atoms with Crippen LogP contribution in [0, 0.1) is 5.92 Å². The Hall–Kier alpha value is -3.75. The Bertz CT molecular complexity index is 1470. The van der Waals surface area contributed by atoms with Gasteiger partial charge < -0.3 is 20.1 Å². The molecule has 2 aliphatic heterocycles. The first-order valence-corrected chi connectivity index (χ1v) is 14.5. The molecule has 0 spiro atoms. The molecule has 7 rings (SSSR count). The van der Waals surface area contributed by atoms with E-state index < -0.39 is 0 Å². The van der Waals surface area contributed by atoms with Crippen LogP contribution in [-0.4, -0.2) is 57.6 Å². The van der Waals surface area contributed by atoms with E-state index in [1.54, 1.807) is 6.20 Å². The van der Waals surface area contributed by atoms with Gasteiger partial charge in [0.15, 0.2) is 0 Å². The van der Waals surface area contributed by atoms with E-state index >= 15 is 0 Å². The zero-order chi connectivity index (χ0) is 27.1. The van der Waals surface area contributed by atoms with E-state index in [0.717, 1.165) is 59.2 Å². The first kappa shape index (κ1) is 25.2. The lowest BCUT2D eigenvalue weighted by molar-refractivity contribution is 0.00124. The number of hydrogen-bond donors (Lipinski definition) is 3. The van der Waals surface area contributed by atoms with Crippen molar-refractivity contribution in [2.75, 3.05) is 18.1 Å². The molecular weight excluding hydrogens is 502 g/mol. The lowest BCUT2D eigenvalue weighted by Gasteiger charge is -2.48. The molecule has 8 heteroatoms. The highest BCUT2D eigenvalue weighted by Gasteiger charge is 2.38. The number of hydrogen-bond acceptors (Lipinski definition) is 6. The van der Waals surface area contributed by atoms with E-state index in [-0.39, 0.29) is 30.1 Å². The number of fused-ring (bicyclic) bond motifs is 3. The van der Waals surface area contributed by atoms with Crippen LogP contribution < -0.4 is 10.2 Å². The van der Waals surface area contributed by atoms with Crippen molar-refractivity contribution >= 4 is 22.5 Å². The van der Waals surface area contributed by atoms with Gasteiger partial charge in [0.2, 0.25) is 0 Å². The largest absolute Gasteiger partial charge is 0.393 e. The van der Waals surface area contributed by atoms with E-state index in [1.165, 1.54) is 12.8 Å². The molecule has 40 heavy (non-hydrogen) atoms. The van der Waals surface area contributed by atoms with Crippen molar-refractivity contribution in [3.63, 3.8) is 0 Å². The number of ether oxygens (including phenoxy) is 1. The third kappa shape index (κ3) is 4.75. The monoisotopic (exact) mass is 537 g/mol. The second kappa shape index (κ2) is 10.7. The molecule has 4 aromatic rings. The molecule has 2 aromatic carbocycles. The highest BCUT2D eigenvalue weighted by atomic mass is 16.5. The number of piperidine rings is 1. The van der Waals surface area contributed by atoms with Crippen molar-refractivity contribution in [2.24, 2.45) is 5.92 Å². The van der Waals surface area contributed by atoms with Gasteiger partial charge in [-0.25, -0.2) is 0 Å². The summed E-state index contributed by atoms with van der Waals surface area (Å²) in [4.78, 5) is 20.5. The Morgan fingerprint density at radius 1 is 1.02 bits per heavy atom. The fourth-order valence-electron chi connectivity index (χ4n) is 6.98. The molecule has 0 radical (unpaired) electrons. The number of benzene rings is 2. The van der Waals surface area contributed by atoms with Crippen molar-refractivity contribution in [2.45, 2.75) is 62.8 Å². The minimum atomic E-state index is -0.256. The van der Waals surface area contributed by atoms with Crippen LogP contribution >= 0.6 is 0 Å². The normalized spacial score (nSPS) is 23.8. The van der Waals surface area contributed by atoms with Crippen molar-refractivity contribution < 1.29 is 14.6 Å². The topological polar surface area (TPSA) is 103 Å². The predicted molar refractivity (Wildman–Crippen MR) is 154 cm³/mol. The van der Waals surface area contributed by atoms with Crippen LogP contribution in [0.3, 0.4) is 0 Å². The number of aliphatic hydroxyl groups is 1. The standard InChI is InChI=1S/C32H35N5O3/c38-26-16-24-18-40-19-25(17-26)37(24)23-11-8-21(9-12-23)30-27-15-22(10-13-28(27)35-36-30)32(39)34-31(20-5-1-2-6-20)29-7-3-4-14-33-29/h3-4,7-15,20,24-26,31,38H,1-2,5-6,16-19H2,(H,34,39)(H,35,36)/t24?,25?,26?,31-/m0/s1. The molecule has 1 aliphatic carbocycles. The number of rotatable bonds is 6. The second-order valence-electron chi connectivity index (χ2n) is 11.5. The number of pyridine rings is 1. The molecule has 206 valence electrons. The van der Waals surface area contributed by atoms with Crippen molar-refractivity contribution in [1.82, 2.24) is 20.5 Å². The van der Waals surface area contributed by atoms with Gasteiger partial charge in [0.1, 0.15) is 0 Å². The maximum Gasteiger partial charge on any atom is 0.251 e. The quantitative estimate of drug-likeness (QED) is 0.319. The zero-order valence-corrected chi connectivity index (χ0v) is 22.5. The second-order valence-corrected chi connectivity index (χ2v) is 11.5. The van der Waals surface area contributed by atoms with Gasteiger partial charge in [-0.05, 0) is 74.1 Å². The van der Waals surface area contributed by atoms with Gasteiger partial charge in [0, 0.05) is 28.4 Å². The van der Waals surface area contributed by atoms with Crippen LogP contribution in [0.5, 0.6) is 0 Å². The summed E-state index contributed by atoms with van der Waals surface area (Å²) in [5, 5.41) is 22.2.